The average molecular weight is 318 g/mol. The van der Waals surface area contributed by atoms with Crippen molar-refractivity contribution in [3.63, 3.8) is 0 Å². The molecule has 0 aliphatic carbocycles. The van der Waals surface area contributed by atoms with Gasteiger partial charge in [-0.3, -0.25) is 5.10 Å². The number of hydrogen-bond acceptors (Lipinski definition) is 2. The van der Waals surface area contributed by atoms with Gasteiger partial charge in [0, 0.05) is 21.2 Å². The highest BCUT2D eigenvalue weighted by Gasteiger charge is 2.18. The zero-order valence-corrected chi connectivity index (χ0v) is 12.8. The summed E-state index contributed by atoms with van der Waals surface area (Å²) in [6, 6.07) is 13.3. The lowest BCUT2D eigenvalue weighted by Crippen LogP contribution is -1.91. The summed E-state index contributed by atoms with van der Waals surface area (Å²) in [7, 11) is 0. The van der Waals surface area contributed by atoms with Crippen LogP contribution >= 0.6 is 23.2 Å². The number of aromatic nitrogens is 2. The molecule has 5 heteroatoms. The van der Waals surface area contributed by atoms with Gasteiger partial charge < -0.3 is 5.73 Å². The number of halogens is 2. The molecule has 3 rings (SSSR count). The summed E-state index contributed by atoms with van der Waals surface area (Å²) in [5.41, 5.74) is 10.4. The topological polar surface area (TPSA) is 54.7 Å². The lowest BCUT2D eigenvalue weighted by molar-refractivity contribution is 1.10. The Morgan fingerprint density at radius 1 is 0.952 bits per heavy atom. The van der Waals surface area contributed by atoms with E-state index in [0.717, 1.165) is 27.9 Å². The van der Waals surface area contributed by atoms with Gasteiger partial charge in [0.1, 0.15) is 0 Å². The predicted octanol–water partition coefficient (Wildman–Crippen LogP) is 4.94. The Morgan fingerprint density at radius 3 is 2.38 bits per heavy atom. The normalized spacial score (nSPS) is 10.8. The number of nitrogens with two attached hydrogens (primary N) is 1. The minimum atomic E-state index is 0.414. The first-order valence-corrected chi connectivity index (χ1v) is 7.19. The van der Waals surface area contributed by atoms with E-state index in [4.69, 9.17) is 28.9 Å². The van der Waals surface area contributed by atoms with Gasteiger partial charge in [0.2, 0.25) is 0 Å². The molecular formula is C16H13Cl2N3. The van der Waals surface area contributed by atoms with Crippen molar-refractivity contribution in [3.05, 3.63) is 58.1 Å². The number of nitrogens with one attached hydrogen (secondary N) is 1. The molecule has 2 aromatic carbocycles. The number of benzene rings is 2. The Balaban J connectivity index is 2.28. The van der Waals surface area contributed by atoms with Gasteiger partial charge in [-0.05, 0) is 24.6 Å². The van der Waals surface area contributed by atoms with E-state index in [1.54, 1.807) is 0 Å². The number of nitrogens with zero attached hydrogens (tertiary/aromatic N) is 1. The zero-order valence-electron chi connectivity index (χ0n) is 11.3. The van der Waals surface area contributed by atoms with Crippen LogP contribution in [0.15, 0.2) is 42.5 Å². The predicted molar refractivity (Wildman–Crippen MR) is 88.6 cm³/mol. The van der Waals surface area contributed by atoms with Crippen molar-refractivity contribution in [2.45, 2.75) is 6.92 Å². The number of aromatic amines is 1. The lowest BCUT2D eigenvalue weighted by atomic mass is 9.98. The second-order valence-electron chi connectivity index (χ2n) is 4.75. The van der Waals surface area contributed by atoms with Crippen LogP contribution in [0, 0.1) is 6.92 Å². The maximum absolute atomic E-state index is 6.29. The first-order valence-electron chi connectivity index (χ1n) is 6.44. The molecule has 0 aliphatic rings. The SMILES string of the molecule is Cc1c(Cl)cccc1-c1[nH]nc(N)c1-c1ccccc1Cl. The summed E-state index contributed by atoms with van der Waals surface area (Å²) in [5, 5.41) is 8.45. The monoisotopic (exact) mass is 317 g/mol. The quantitative estimate of drug-likeness (QED) is 0.703. The van der Waals surface area contributed by atoms with Crippen molar-refractivity contribution < 1.29 is 0 Å². The van der Waals surface area contributed by atoms with Crippen LogP contribution in [0.3, 0.4) is 0 Å². The van der Waals surface area contributed by atoms with E-state index < -0.39 is 0 Å². The van der Waals surface area contributed by atoms with Gasteiger partial charge in [-0.15, -0.1) is 0 Å². The first-order chi connectivity index (χ1) is 10.1. The number of hydrogen-bond donors (Lipinski definition) is 2. The Bertz CT molecular complexity index is 809. The molecule has 0 amide bonds. The van der Waals surface area contributed by atoms with E-state index in [1.807, 2.05) is 49.4 Å². The molecule has 0 atom stereocenters. The van der Waals surface area contributed by atoms with Gasteiger partial charge in [-0.1, -0.05) is 53.5 Å². The summed E-state index contributed by atoms with van der Waals surface area (Å²) in [4.78, 5) is 0. The van der Waals surface area contributed by atoms with Crippen LogP contribution in [0.2, 0.25) is 10.0 Å². The molecule has 1 heterocycles. The van der Waals surface area contributed by atoms with Crippen LogP contribution in [0.4, 0.5) is 5.82 Å². The van der Waals surface area contributed by atoms with Crippen LogP contribution in [0.1, 0.15) is 5.56 Å². The van der Waals surface area contributed by atoms with Crippen LogP contribution in [-0.2, 0) is 0 Å². The molecule has 0 saturated carbocycles. The zero-order chi connectivity index (χ0) is 15.0. The lowest BCUT2D eigenvalue weighted by Gasteiger charge is -2.10. The second kappa shape index (κ2) is 5.43. The molecule has 3 nitrogen and oxygen atoms in total. The standard InChI is InChI=1S/C16H13Cl2N3/c1-9-10(6-4-8-12(9)17)15-14(16(19)21-20-15)11-5-2-3-7-13(11)18/h2-8H,1H3,(H3,19,20,21). The molecule has 106 valence electrons. The van der Waals surface area contributed by atoms with Crippen LogP contribution < -0.4 is 5.73 Å². The number of nitrogen functional groups attached to an aromatic ring is 1. The summed E-state index contributed by atoms with van der Waals surface area (Å²) in [5.74, 6) is 0.414. The van der Waals surface area contributed by atoms with Crippen LogP contribution in [0.5, 0.6) is 0 Å². The van der Waals surface area contributed by atoms with E-state index in [1.165, 1.54) is 0 Å². The third-order valence-electron chi connectivity index (χ3n) is 3.47. The molecule has 21 heavy (non-hydrogen) atoms. The molecule has 0 unspecified atom stereocenters. The molecule has 3 N–H and O–H groups in total. The fourth-order valence-corrected chi connectivity index (χ4v) is 2.77. The molecule has 0 spiro atoms. The second-order valence-corrected chi connectivity index (χ2v) is 5.57. The van der Waals surface area contributed by atoms with Crippen molar-refractivity contribution in [1.29, 1.82) is 0 Å². The summed E-state index contributed by atoms with van der Waals surface area (Å²) in [6.45, 7) is 1.96. The van der Waals surface area contributed by atoms with Gasteiger partial charge in [-0.25, -0.2) is 0 Å². The molecule has 0 fully saturated rings. The van der Waals surface area contributed by atoms with E-state index in [9.17, 15) is 0 Å². The van der Waals surface area contributed by atoms with Gasteiger partial charge >= 0.3 is 0 Å². The van der Waals surface area contributed by atoms with E-state index in [0.29, 0.717) is 15.9 Å². The maximum atomic E-state index is 6.29. The maximum Gasteiger partial charge on any atom is 0.153 e. The van der Waals surface area contributed by atoms with E-state index >= 15 is 0 Å². The molecule has 0 saturated heterocycles. The number of H-pyrrole nitrogens is 1. The fraction of sp³-hybridized carbons (Fsp3) is 0.0625. The summed E-state index contributed by atoms with van der Waals surface area (Å²) in [6.07, 6.45) is 0. The van der Waals surface area contributed by atoms with Crippen molar-refractivity contribution in [1.82, 2.24) is 10.2 Å². The summed E-state index contributed by atoms with van der Waals surface area (Å²) >= 11 is 12.5. The smallest absolute Gasteiger partial charge is 0.153 e. The van der Waals surface area contributed by atoms with Crippen molar-refractivity contribution >= 4 is 29.0 Å². The van der Waals surface area contributed by atoms with Gasteiger partial charge in [-0.2, -0.15) is 5.10 Å². The minimum Gasteiger partial charge on any atom is -0.382 e. The highest BCUT2D eigenvalue weighted by molar-refractivity contribution is 6.34. The van der Waals surface area contributed by atoms with Crippen LogP contribution in [-0.4, -0.2) is 10.2 Å². The third kappa shape index (κ3) is 2.39. The third-order valence-corrected chi connectivity index (χ3v) is 4.21. The Kier molecular flexibility index (Phi) is 3.62. The molecule has 1 aromatic heterocycles. The number of rotatable bonds is 2. The first kappa shape index (κ1) is 14.0. The van der Waals surface area contributed by atoms with Gasteiger partial charge in [0.05, 0.1) is 11.3 Å². The number of anilines is 1. The fourth-order valence-electron chi connectivity index (χ4n) is 2.37. The average Bonchev–Trinajstić information content (AvgIpc) is 2.84. The molecule has 0 bridgehead atoms. The molecular weight excluding hydrogens is 305 g/mol. The Hall–Kier alpha value is -1.97. The van der Waals surface area contributed by atoms with Crippen molar-refractivity contribution in [3.8, 4) is 22.4 Å². The Labute approximate surface area is 132 Å². The van der Waals surface area contributed by atoms with E-state index in [-0.39, 0.29) is 0 Å². The largest absolute Gasteiger partial charge is 0.382 e. The van der Waals surface area contributed by atoms with Gasteiger partial charge in [0.25, 0.3) is 0 Å². The van der Waals surface area contributed by atoms with E-state index in [2.05, 4.69) is 10.2 Å². The summed E-state index contributed by atoms with van der Waals surface area (Å²) < 4.78 is 0. The molecule has 3 aromatic rings. The minimum absolute atomic E-state index is 0.414. The van der Waals surface area contributed by atoms with Crippen molar-refractivity contribution in [2.75, 3.05) is 5.73 Å². The van der Waals surface area contributed by atoms with Gasteiger partial charge in [0.15, 0.2) is 5.82 Å². The highest BCUT2D eigenvalue weighted by Crippen LogP contribution is 2.40. The Morgan fingerprint density at radius 2 is 1.62 bits per heavy atom. The van der Waals surface area contributed by atoms with Crippen LogP contribution in [0.25, 0.3) is 22.4 Å². The highest BCUT2D eigenvalue weighted by atomic mass is 35.5. The molecule has 0 radical (unpaired) electrons. The van der Waals surface area contributed by atoms with Crippen molar-refractivity contribution in [2.24, 2.45) is 0 Å². The molecule has 0 aliphatic heterocycles.